The lowest BCUT2D eigenvalue weighted by Crippen LogP contribution is -2.34. The normalized spacial score (nSPS) is 11.8. The highest BCUT2D eigenvalue weighted by atomic mass is 35.5. The zero-order valence-corrected chi connectivity index (χ0v) is 19.0. The van der Waals surface area contributed by atoms with Crippen LogP contribution in [0.25, 0.3) is 0 Å². The molecule has 0 heterocycles. The number of ether oxygens (including phenoxy) is 1. The first-order valence-electron chi connectivity index (χ1n) is 9.89. The van der Waals surface area contributed by atoms with E-state index >= 15 is 0 Å². The molecule has 0 saturated heterocycles. The van der Waals surface area contributed by atoms with Crippen molar-refractivity contribution in [1.82, 2.24) is 5.43 Å². The first-order chi connectivity index (χ1) is 15.8. The summed E-state index contributed by atoms with van der Waals surface area (Å²) in [6, 6.07) is 17.9. The van der Waals surface area contributed by atoms with E-state index in [2.05, 4.69) is 15.8 Å². The van der Waals surface area contributed by atoms with Gasteiger partial charge < -0.3 is 10.1 Å². The second-order valence-corrected chi connectivity index (χ2v) is 7.83. The van der Waals surface area contributed by atoms with Crippen molar-refractivity contribution in [3.8, 4) is 5.75 Å². The van der Waals surface area contributed by atoms with E-state index in [0.29, 0.717) is 21.4 Å². The van der Waals surface area contributed by atoms with Crippen LogP contribution in [0.2, 0.25) is 10.0 Å². The fraction of sp³-hybridized carbons (Fsp3) is 0.125. The van der Waals surface area contributed by atoms with E-state index in [1.807, 2.05) is 18.2 Å². The number of nitrogens with zero attached hydrogens (tertiary/aromatic N) is 1. The molecule has 3 aromatic rings. The molecule has 2 amide bonds. The lowest BCUT2D eigenvalue weighted by atomic mass is 10.1. The number of amides is 2. The molecule has 170 valence electrons. The summed E-state index contributed by atoms with van der Waals surface area (Å²) in [5, 5.41) is 7.31. The Hall–Kier alpha value is -3.42. The van der Waals surface area contributed by atoms with Gasteiger partial charge in [0.15, 0.2) is 0 Å². The molecule has 0 bridgehead atoms. The van der Waals surface area contributed by atoms with Crippen molar-refractivity contribution in [3.05, 3.63) is 93.7 Å². The molecule has 9 heteroatoms. The number of hydrazone groups is 1. The van der Waals surface area contributed by atoms with Crippen molar-refractivity contribution in [2.75, 3.05) is 5.32 Å². The Balaban J connectivity index is 1.62. The minimum absolute atomic E-state index is 0.00936. The first kappa shape index (κ1) is 24.2. The largest absolute Gasteiger partial charge is 0.488 e. The van der Waals surface area contributed by atoms with Gasteiger partial charge in [-0.1, -0.05) is 53.5 Å². The van der Waals surface area contributed by atoms with Crippen LogP contribution < -0.4 is 15.5 Å². The third-order valence-electron chi connectivity index (χ3n) is 4.61. The van der Waals surface area contributed by atoms with Crippen LogP contribution in [0.1, 0.15) is 18.1 Å². The Kier molecular flexibility index (Phi) is 8.40. The highest BCUT2D eigenvalue weighted by Crippen LogP contribution is 2.24. The van der Waals surface area contributed by atoms with Crippen molar-refractivity contribution in [2.45, 2.75) is 13.5 Å². The maximum Gasteiger partial charge on any atom is 0.252 e. The SMILES string of the molecule is CC(C(=O)NN=Cc1cc(Cl)ccc1OCc1ccccc1Cl)C(=O)Nc1ccccc1F. The fourth-order valence-corrected chi connectivity index (χ4v) is 3.08. The summed E-state index contributed by atoms with van der Waals surface area (Å²) in [6.07, 6.45) is 1.35. The molecule has 0 radical (unpaired) electrons. The molecule has 3 aromatic carbocycles. The number of halogens is 3. The number of para-hydroxylation sites is 1. The molecule has 0 aliphatic rings. The van der Waals surface area contributed by atoms with E-state index in [1.165, 1.54) is 31.3 Å². The lowest BCUT2D eigenvalue weighted by molar-refractivity contribution is -0.131. The van der Waals surface area contributed by atoms with Crippen LogP contribution in [0.5, 0.6) is 5.75 Å². The maximum absolute atomic E-state index is 13.7. The number of rotatable bonds is 8. The van der Waals surface area contributed by atoms with E-state index in [4.69, 9.17) is 27.9 Å². The van der Waals surface area contributed by atoms with Gasteiger partial charge in [0.25, 0.3) is 5.91 Å². The van der Waals surface area contributed by atoms with E-state index < -0.39 is 23.5 Å². The van der Waals surface area contributed by atoms with Crippen LogP contribution in [0, 0.1) is 11.7 Å². The number of benzene rings is 3. The summed E-state index contributed by atoms with van der Waals surface area (Å²) in [6.45, 7) is 1.61. The van der Waals surface area contributed by atoms with Gasteiger partial charge in [-0.3, -0.25) is 9.59 Å². The highest BCUT2D eigenvalue weighted by Gasteiger charge is 2.22. The zero-order chi connectivity index (χ0) is 23.8. The number of carbonyl (C=O) groups is 2. The van der Waals surface area contributed by atoms with Crippen LogP contribution in [0.3, 0.4) is 0 Å². The molecule has 0 aliphatic heterocycles. The van der Waals surface area contributed by atoms with Crippen molar-refractivity contribution in [3.63, 3.8) is 0 Å². The summed E-state index contributed by atoms with van der Waals surface area (Å²) in [5.41, 5.74) is 3.61. The van der Waals surface area contributed by atoms with E-state index in [1.54, 1.807) is 30.3 Å². The molecule has 0 fully saturated rings. The van der Waals surface area contributed by atoms with Crippen molar-refractivity contribution < 1.29 is 18.7 Å². The Labute approximate surface area is 200 Å². The topological polar surface area (TPSA) is 79.8 Å². The number of hydrogen-bond acceptors (Lipinski definition) is 4. The predicted octanol–water partition coefficient (Wildman–Crippen LogP) is 5.44. The minimum Gasteiger partial charge on any atom is -0.488 e. The Morgan fingerprint density at radius 3 is 2.55 bits per heavy atom. The second-order valence-electron chi connectivity index (χ2n) is 6.99. The lowest BCUT2D eigenvalue weighted by Gasteiger charge is -2.12. The van der Waals surface area contributed by atoms with E-state index in [9.17, 15) is 14.0 Å². The molecule has 0 saturated carbocycles. The Bertz CT molecular complexity index is 1190. The average molecular weight is 488 g/mol. The van der Waals surface area contributed by atoms with Crippen LogP contribution >= 0.6 is 23.2 Å². The highest BCUT2D eigenvalue weighted by molar-refractivity contribution is 6.31. The van der Waals surface area contributed by atoms with Gasteiger partial charge in [0.2, 0.25) is 5.91 Å². The summed E-state index contributed by atoms with van der Waals surface area (Å²) in [5.74, 6) is -2.57. The van der Waals surface area contributed by atoms with E-state index in [-0.39, 0.29) is 12.3 Å². The molecule has 3 rings (SSSR count). The van der Waals surface area contributed by atoms with Crippen LogP contribution in [0.4, 0.5) is 10.1 Å². The standard InChI is InChI=1S/C24H20Cl2FN3O3/c1-15(23(31)29-21-9-5-4-8-20(21)27)24(32)30-28-13-17-12-18(25)10-11-22(17)33-14-16-6-2-3-7-19(16)26/h2-13,15H,14H2,1H3,(H,29,31)(H,30,32). The van der Waals surface area contributed by atoms with Crippen molar-refractivity contribution in [1.29, 1.82) is 0 Å². The van der Waals surface area contributed by atoms with Gasteiger partial charge in [0.05, 0.1) is 11.9 Å². The van der Waals surface area contributed by atoms with Gasteiger partial charge in [-0.2, -0.15) is 5.10 Å². The number of nitrogens with one attached hydrogen (secondary N) is 2. The average Bonchev–Trinajstić information content (AvgIpc) is 2.80. The first-order valence-corrected chi connectivity index (χ1v) is 10.6. The Morgan fingerprint density at radius 1 is 1.06 bits per heavy atom. The quantitative estimate of drug-likeness (QED) is 0.252. The number of hydrogen-bond donors (Lipinski definition) is 2. The molecule has 2 N–H and O–H groups in total. The van der Waals surface area contributed by atoms with Gasteiger partial charge in [0, 0.05) is 21.2 Å². The van der Waals surface area contributed by atoms with Gasteiger partial charge >= 0.3 is 0 Å². The number of carbonyl (C=O) groups excluding carboxylic acids is 2. The fourth-order valence-electron chi connectivity index (χ4n) is 2.71. The molecule has 0 aliphatic carbocycles. The van der Waals surface area contributed by atoms with Gasteiger partial charge in [0.1, 0.15) is 24.1 Å². The summed E-state index contributed by atoms with van der Waals surface area (Å²) in [4.78, 5) is 24.5. The molecular weight excluding hydrogens is 468 g/mol. The zero-order valence-electron chi connectivity index (χ0n) is 17.5. The smallest absolute Gasteiger partial charge is 0.252 e. The third kappa shape index (κ3) is 6.78. The van der Waals surface area contributed by atoms with Crippen molar-refractivity contribution in [2.24, 2.45) is 11.0 Å². The number of anilines is 1. The molecule has 1 unspecified atom stereocenters. The summed E-state index contributed by atoms with van der Waals surface area (Å²) < 4.78 is 19.5. The molecule has 6 nitrogen and oxygen atoms in total. The Morgan fingerprint density at radius 2 is 1.79 bits per heavy atom. The monoisotopic (exact) mass is 487 g/mol. The van der Waals surface area contributed by atoms with Gasteiger partial charge in [-0.15, -0.1) is 0 Å². The van der Waals surface area contributed by atoms with Gasteiger partial charge in [-0.05, 0) is 43.3 Å². The summed E-state index contributed by atoms with van der Waals surface area (Å²) >= 11 is 12.2. The minimum atomic E-state index is -1.11. The third-order valence-corrected chi connectivity index (χ3v) is 5.21. The molecular formula is C24H20Cl2FN3O3. The second kappa shape index (κ2) is 11.4. The molecule has 0 spiro atoms. The van der Waals surface area contributed by atoms with E-state index in [0.717, 1.165) is 5.56 Å². The predicted molar refractivity (Wildman–Crippen MR) is 127 cm³/mol. The van der Waals surface area contributed by atoms with Crippen LogP contribution in [-0.4, -0.2) is 18.0 Å². The van der Waals surface area contributed by atoms with Crippen LogP contribution in [-0.2, 0) is 16.2 Å². The van der Waals surface area contributed by atoms with Gasteiger partial charge in [-0.25, -0.2) is 9.82 Å². The molecule has 1 atom stereocenters. The molecule has 0 aromatic heterocycles. The maximum atomic E-state index is 13.7. The van der Waals surface area contributed by atoms with Crippen LogP contribution in [0.15, 0.2) is 71.8 Å². The summed E-state index contributed by atoms with van der Waals surface area (Å²) in [7, 11) is 0. The van der Waals surface area contributed by atoms with Crippen molar-refractivity contribution >= 4 is 46.9 Å². The molecule has 33 heavy (non-hydrogen) atoms.